The fraction of sp³-hybridized carbons (Fsp3) is 0.390. The molecule has 4 aliphatic rings. The van der Waals surface area contributed by atoms with Crippen molar-refractivity contribution >= 4 is 153 Å². The van der Waals surface area contributed by atoms with Crippen LogP contribution in [0.3, 0.4) is 0 Å². The molecule has 148 heavy (non-hydrogen) atoms. The molecule has 4 N–H and O–H groups in total. The highest BCUT2D eigenvalue weighted by atomic mass is 32.1. The maximum atomic E-state index is 12.7. The number of halogens is 6. The number of fused-ring (bicyclic) bond motifs is 8. The third-order valence-electron chi connectivity index (χ3n) is 30.1. The second kappa shape index (κ2) is 45.7. The van der Waals surface area contributed by atoms with Gasteiger partial charge in [-0.05, 0) is 348 Å². The lowest BCUT2D eigenvalue weighted by molar-refractivity contribution is -0.215. The van der Waals surface area contributed by atoms with Gasteiger partial charge >= 0.3 is 37.1 Å². The van der Waals surface area contributed by atoms with Crippen molar-refractivity contribution in [3.05, 3.63) is 237 Å². The first-order valence-electron chi connectivity index (χ1n) is 50.4. The normalized spacial score (nSPS) is 20.0. The summed E-state index contributed by atoms with van der Waals surface area (Å²) < 4.78 is 127. The number of nitrogens with zero attached hydrogens (tertiary/aromatic N) is 4. The second-order valence-corrected chi connectivity index (χ2v) is 44.9. The number of alkyl halides is 6. The molecule has 0 spiro atoms. The highest BCUT2D eigenvalue weighted by Gasteiger charge is 2.40. The number of carbonyl (C=O) groups is 4. The third kappa shape index (κ3) is 23.6. The van der Waals surface area contributed by atoms with Crippen molar-refractivity contribution in [2.75, 3.05) is 53.0 Å². The predicted molar refractivity (Wildman–Crippen MR) is 577 cm³/mol. The molecule has 16 aromatic rings. The number of aromatic nitrogens is 4. The Morgan fingerprint density at radius 2 is 0.534 bits per heavy atom. The van der Waals surface area contributed by atoms with E-state index in [1.807, 2.05) is 140 Å². The minimum absolute atomic E-state index is 0.140. The average molecular weight is 2090 g/mol. The van der Waals surface area contributed by atoms with Gasteiger partial charge < -0.3 is 58.3 Å². The molecule has 0 atom stereocenters. The Morgan fingerprint density at radius 3 is 0.730 bits per heavy atom. The van der Waals surface area contributed by atoms with E-state index in [-0.39, 0.29) is 58.5 Å². The number of rotatable bonds is 30. The number of aryl methyl sites for hydroxylation is 8. The number of thiophene rings is 4. The lowest BCUT2D eigenvalue weighted by Crippen LogP contribution is -2.36. The lowest BCUT2D eigenvalue weighted by atomic mass is 9.80. The molecule has 20 nitrogen and oxygen atoms in total. The topological polar surface area (TPSA) is 275 Å². The average Bonchev–Trinajstić information content (AvgIpc) is 1.56. The first-order chi connectivity index (χ1) is 70.9. The van der Waals surface area contributed by atoms with Gasteiger partial charge in [0.1, 0.15) is 36.3 Å². The molecule has 776 valence electrons. The van der Waals surface area contributed by atoms with E-state index in [9.17, 15) is 65.9 Å². The van der Waals surface area contributed by atoms with Gasteiger partial charge in [-0.3, -0.25) is 0 Å². The number of carboxylic acid groups (broad SMARTS) is 4. The first-order valence-corrected chi connectivity index (χ1v) is 53.6. The first kappa shape index (κ1) is 107. The van der Waals surface area contributed by atoms with E-state index in [4.69, 9.17) is 57.8 Å². The lowest BCUT2D eigenvalue weighted by Gasteiger charge is -2.37. The monoisotopic (exact) mass is 2090 g/mol. The van der Waals surface area contributed by atoms with Gasteiger partial charge in [-0.15, -0.1) is 45.3 Å². The van der Waals surface area contributed by atoms with Crippen LogP contribution in [0.1, 0.15) is 216 Å². The van der Waals surface area contributed by atoms with E-state index < -0.39 is 61.7 Å². The molecule has 8 aromatic carbocycles. The van der Waals surface area contributed by atoms with Crippen LogP contribution in [0.2, 0.25) is 0 Å². The fourth-order valence-electron chi connectivity index (χ4n) is 21.2. The third-order valence-corrected chi connectivity index (χ3v) is 35.3. The minimum atomic E-state index is -2.78. The van der Waals surface area contributed by atoms with Gasteiger partial charge in [-0.2, -0.15) is 17.6 Å². The van der Waals surface area contributed by atoms with E-state index in [0.29, 0.717) is 179 Å². The van der Waals surface area contributed by atoms with Crippen LogP contribution in [-0.4, -0.2) is 153 Å². The van der Waals surface area contributed by atoms with Gasteiger partial charge in [0.05, 0.1) is 170 Å². The van der Waals surface area contributed by atoms with Crippen molar-refractivity contribution in [1.82, 2.24) is 19.9 Å². The molecule has 30 heteroatoms. The van der Waals surface area contributed by atoms with E-state index >= 15 is 0 Å². The molecule has 0 bridgehead atoms. The second-order valence-electron chi connectivity index (χ2n) is 40.7. The van der Waals surface area contributed by atoms with E-state index in [2.05, 4.69) is 62.4 Å². The Labute approximate surface area is 871 Å². The molecule has 0 saturated heterocycles. The molecule has 0 aliphatic heterocycles. The Kier molecular flexibility index (Phi) is 33.0. The molecular weight excluding hydrogens is 1970 g/mol. The van der Waals surface area contributed by atoms with Crippen LogP contribution in [0.25, 0.3) is 126 Å². The zero-order chi connectivity index (χ0) is 105. The van der Waals surface area contributed by atoms with E-state index in [1.54, 1.807) is 95.6 Å². The van der Waals surface area contributed by atoms with Gasteiger partial charge in [0.25, 0.3) is 0 Å². The highest BCUT2D eigenvalue weighted by Crippen LogP contribution is 2.50. The summed E-state index contributed by atoms with van der Waals surface area (Å²) in [6.45, 7) is 19.0. The quantitative estimate of drug-likeness (QED) is 0.0305. The van der Waals surface area contributed by atoms with Crippen LogP contribution in [0.4, 0.5) is 26.3 Å². The van der Waals surface area contributed by atoms with Gasteiger partial charge in [-0.1, -0.05) is 97.1 Å². The zero-order valence-corrected chi connectivity index (χ0v) is 88.2. The van der Waals surface area contributed by atoms with Crippen LogP contribution < -0.4 is 18.9 Å². The molecular formula is C118H122F6N4O16S4. The summed E-state index contributed by atoms with van der Waals surface area (Å²) in [5, 5.41) is 47.4. The highest BCUT2D eigenvalue weighted by molar-refractivity contribution is 7.23. The van der Waals surface area contributed by atoms with E-state index in [0.717, 1.165) is 156 Å². The summed E-state index contributed by atoms with van der Waals surface area (Å²) in [5.74, 6) is -1.02. The molecule has 4 fully saturated rings. The van der Waals surface area contributed by atoms with Crippen molar-refractivity contribution in [3.63, 3.8) is 0 Å². The number of aromatic carboxylic acids is 4. The number of hydrogen-bond donors (Lipinski definition) is 4. The molecule has 8 aromatic heterocycles. The van der Waals surface area contributed by atoms with Gasteiger partial charge in [0.2, 0.25) is 0 Å². The molecule has 0 radical (unpaired) electrons. The van der Waals surface area contributed by atoms with Crippen molar-refractivity contribution in [2.24, 2.45) is 23.7 Å². The van der Waals surface area contributed by atoms with Crippen LogP contribution in [0, 0.1) is 79.1 Å². The summed E-state index contributed by atoms with van der Waals surface area (Å²) in [5.41, 5.74) is 11.5. The van der Waals surface area contributed by atoms with Crippen molar-refractivity contribution in [3.8, 4) is 65.3 Å². The molecule has 20 rings (SSSR count). The smallest absolute Gasteiger partial charge is 0.345 e. The number of hydrogen-bond acceptors (Lipinski definition) is 20. The van der Waals surface area contributed by atoms with Crippen LogP contribution in [-0.2, 0) is 18.9 Å². The van der Waals surface area contributed by atoms with Crippen LogP contribution in [0.15, 0.2) is 170 Å². The molecule has 0 amide bonds. The Morgan fingerprint density at radius 1 is 0.324 bits per heavy atom. The van der Waals surface area contributed by atoms with Gasteiger partial charge in [0.15, 0.2) is 0 Å². The van der Waals surface area contributed by atoms with Crippen molar-refractivity contribution in [1.29, 1.82) is 0 Å². The number of benzene rings is 8. The number of carboxylic acids is 4. The van der Waals surface area contributed by atoms with Crippen molar-refractivity contribution < 1.29 is 104 Å². The summed E-state index contributed by atoms with van der Waals surface area (Å²) in [7, 11) is 0. The minimum Gasteiger partial charge on any atom is -0.493 e. The molecule has 0 unspecified atom stereocenters. The summed E-state index contributed by atoms with van der Waals surface area (Å²) >= 11 is 6.47. The van der Waals surface area contributed by atoms with E-state index in [1.165, 1.54) is 0 Å². The fourth-order valence-corrected chi connectivity index (χ4v) is 25.9. The summed E-state index contributed by atoms with van der Waals surface area (Å²) in [4.78, 5) is 73.4. The maximum Gasteiger partial charge on any atom is 0.345 e. The Bertz CT molecular complexity index is 7190. The molecule has 8 heterocycles. The SMILES string of the molecule is Cc1c(-c2cc(C(=O)O)c3c(OCC4CCC(C)(OC(F)F)CC4)ccc(C)c3n2)sc2ccccc12.Cc1c(-c2cc(C(=O)O)c3c(OCC4CCC(C)(OC(F)F)CC4)ccc(C)c3n2)sc2ccccc12.Cc1c(-c2cc(C(=O)O)c3c(OCC4CCC(C)(OCCF)CC4)ccc(C)c3n2)sc2ccccc12.Cc1c(-c2cc(C(=O)O)c3c(OCC4CCC(C)(OCCF)CC4)ccc(C)c3n2)sc2ccccc12. The number of pyridine rings is 4. The summed E-state index contributed by atoms with van der Waals surface area (Å²) in [6, 6.07) is 54.2. The summed E-state index contributed by atoms with van der Waals surface area (Å²) in [6.07, 6.45) is 12.0. The zero-order valence-electron chi connectivity index (χ0n) is 85.0. The Hall–Kier alpha value is -12.3. The predicted octanol–water partition coefficient (Wildman–Crippen LogP) is 31.5. The van der Waals surface area contributed by atoms with Crippen LogP contribution >= 0.6 is 45.3 Å². The van der Waals surface area contributed by atoms with Crippen molar-refractivity contribution in [2.45, 2.75) is 221 Å². The maximum absolute atomic E-state index is 12.7. The molecule has 4 saturated carbocycles. The standard InChI is InChI=1S/2C30H32FNO4S.2C29H29F2NO4S/c2*1-18-8-9-24(35-17-20-10-12-30(3,13-11-20)36-15-14-31)26-22(29(33)34)16-23(32-27(18)26)28-19(2)21-6-4-5-7-25(21)37-28;2*1-16-8-9-22(35-15-18-10-12-29(3,13-11-18)36-28(30)31)24-20(27(33)34)14-21(32-25(16)24)26-17(2)19-6-4-5-7-23(19)37-26/h2*4-9,16,20H,10-15,17H2,1-3H3,(H,33,34);2*4-9,14,18,28H,10-13,15H2,1-3H3,(H,33,34). The molecule has 4 aliphatic carbocycles. The Balaban J connectivity index is 0.000000135. The van der Waals surface area contributed by atoms with Gasteiger partial charge in [0, 0.05) is 18.8 Å². The largest absolute Gasteiger partial charge is 0.493 e. The number of ether oxygens (including phenoxy) is 8. The van der Waals surface area contributed by atoms with Gasteiger partial charge in [-0.25, -0.2) is 47.9 Å². The van der Waals surface area contributed by atoms with Crippen LogP contribution in [0.5, 0.6) is 23.0 Å².